The number of aromatic nitrogens is 2. The SMILES string of the molecule is CCCC(NCc1c(C)nn(C)c1C)C(=O)O. The van der Waals surface area contributed by atoms with Gasteiger partial charge in [-0.05, 0) is 20.3 Å². The fourth-order valence-corrected chi connectivity index (χ4v) is 1.90. The van der Waals surface area contributed by atoms with Crippen molar-refractivity contribution in [2.24, 2.45) is 7.05 Å². The summed E-state index contributed by atoms with van der Waals surface area (Å²) in [7, 11) is 1.90. The van der Waals surface area contributed by atoms with Crippen molar-refractivity contribution in [2.45, 2.75) is 46.2 Å². The van der Waals surface area contributed by atoms with Crippen LogP contribution in [0.15, 0.2) is 0 Å². The maximum absolute atomic E-state index is 11.0. The number of aliphatic carboxylic acids is 1. The van der Waals surface area contributed by atoms with Crippen molar-refractivity contribution >= 4 is 5.97 Å². The summed E-state index contributed by atoms with van der Waals surface area (Å²) in [6, 6.07) is -0.473. The summed E-state index contributed by atoms with van der Waals surface area (Å²) in [5, 5.41) is 16.4. The van der Waals surface area contributed by atoms with Crippen molar-refractivity contribution in [3.63, 3.8) is 0 Å². The van der Waals surface area contributed by atoms with Gasteiger partial charge in [0.05, 0.1) is 5.69 Å². The number of carbonyl (C=O) groups is 1. The zero-order valence-electron chi connectivity index (χ0n) is 10.9. The molecule has 0 radical (unpaired) electrons. The van der Waals surface area contributed by atoms with Gasteiger partial charge in [-0.1, -0.05) is 13.3 Å². The smallest absolute Gasteiger partial charge is 0.320 e. The Morgan fingerprint density at radius 3 is 2.59 bits per heavy atom. The van der Waals surface area contributed by atoms with Crippen molar-refractivity contribution in [1.29, 1.82) is 0 Å². The first kappa shape index (κ1) is 13.7. The van der Waals surface area contributed by atoms with Gasteiger partial charge >= 0.3 is 5.97 Å². The zero-order valence-corrected chi connectivity index (χ0v) is 10.9. The summed E-state index contributed by atoms with van der Waals surface area (Å²) in [4.78, 5) is 11.0. The zero-order chi connectivity index (χ0) is 13.0. The van der Waals surface area contributed by atoms with Crippen LogP contribution >= 0.6 is 0 Å². The standard InChI is InChI=1S/C12H21N3O2/c1-5-6-11(12(16)17)13-7-10-8(2)14-15(4)9(10)3/h11,13H,5-7H2,1-4H3,(H,16,17). The van der Waals surface area contributed by atoms with Crippen LogP contribution in [0.4, 0.5) is 0 Å². The minimum atomic E-state index is -0.786. The van der Waals surface area contributed by atoms with Crippen molar-refractivity contribution < 1.29 is 9.90 Å². The summed E-state index contributed by atoms with van der Waals surface area (Å²) in [6.07, 6.45) is 1.50. The van der Waals surface area contributed by atoms with E-state index in [1.807, 2.05) is 32.5 Å². The number of carboxylic acid groups (broad SMARTS) is 1. The molecule has 17 heavy (non-hydrogen) atoms. The largest absolute Gasteiger partial charge is 0.480 e. The fraction of sp³-hybridized carbons (Fsp3) is 0.667. The van der Waals surface area contributed by atoms with E-state index >= 15 is 0 Å². The Morgan fingerprint density at radius 2 is 2.18 bits per heavy atom. The molecule has 0 aliphatic heterocycles. The number of carboxylic acids is 1. The van der Waals surface area contributed by atoms with Gasteiger partial charge in [-0.15, -0.1) is 0 Å². The Balaban J connectivity index is 2.68. The quantitative estimate of drug-likeness (QED) is 0.787. The molecule has 1 aromatic rings. The van der Waals surface area contributed by atoms with E-state index in [4.69, 9.17) is 5.11 Å². The van der Waals surface area contributed by atoms with Crippen LogP contribution in [-0.2, 0) is 18.4 Å². The van der Waals surface area contributed by atoms with Gasteiger partial charge in [-0.3, -0.25) is 9.48 Å². The van der Waals surface area contributed by atoms with Gasteiger partial charge in [0.1, 0.15) is 6.04 Å². The molecule has 0 amide bonds. The average molecular weight is 239 g/mol. The van der Waals surface area contributed by atoms with E-state index < -0.39 is 12.0 Å². The molecule has 5 heteroatoms. The first-order chi connectivity index (χ1) is 7.97. The summed E-state index contributed by atoms with van der Waals surface area (Å²) < 4.78 is 1.82. The number of hydrogen-bond acceptors (Lipinski definition) is 3. The van der Waals surface area contributed by atoms with E-state index in [9.17, 15) is 4.79 Å². The van der Waals surface area contributed by atoms with E-state index in [0.717, 1.165) is 23.4 Å². The van der Waals surface area contributed by atoms with Crippen LogP contribution in [0.5, 0.6) is 0 Å². The van der Waals surface area contributed by atoms with E-state index in [1.54, 1.807) is 0 Å². The molecule has 0 fully saturated rings. The molecule has 0 spiro atoms. The molecule has 0 saturated carbocycles. The first-order valence-corrected chi connectivity index (χ1v) is 5.92. The van der Waals surface area contributed by atoms with Crippen LogP contribution in [0.25, 0.3) is 0 Å². The molecule has 1 rings (SSSR count). The van der Waals surface area contributed by atoms with Gasteiger partial charge in [0, 0.05) is 24.8 Å². The number of hydrogen-bond donors (Lipinski definition) is 2. The van der Waals surface area contributed by atoms with Crippen LogP contribution in [0, 0.1) is 13.8 Å². The highest BCUT2D eigenvalue weighted by atomic mass is 16.4. The summed E-state index contributed by atoms with van der Waals surface area (Å²) >= 11 is 0. The van der Waals surface area contributed by atoms with E-state index in [-0.39, 0.29) is 0 Å². The maximum Gasteiger partial charge on any atom is 0.320 e. The highest BCUT2D eigenvalue weighted by Gasteiger charge is 2.17. The van der Waals surface area contributed by atoms with Crippen LogP contribution in [0.1, 0.15) is 36.7 Å². The molecule has 0 aliphatic carbocycles. The number of nitrogens with zero attached hydrogens (tertiary/aromatic N) is 2. The van der Waals surface area contributed by atoms with Gasteiger partial charge in [0.25, 0.3) is 0 Å². The van der Waals surface area contributed by atoms with Gasteiger partial charge in [0.2, 0.25) is 0 Å². The van der Waals surface area contributed by atoms with Crippen molar-refractivity contribution in [3.05, 3.63) is 17.0 Å². The molecular weight excluding hydrogens is 218 g/mol. The molecule has 0 bridgehead atoms. The summed E-state index contributed by atoms with van der Waals surface area (Å²) in [6.45, 7) is 6.48. The molecule has 0 saturated heterocycles. The number of aryl methyl sites for hydroxylation is 2. The predicted molar refractivity (Wildman–Crippen MR) is 65.9 cm³/mol. The number of nitrogens with one attached hydrogen (secondary N) is 1. The molecule has 0 aliphatic rings. The third-order valence-corrected chi connectivity index (χ3v) is 3.06. The first-order valence-electron chi connectivity index (χ1n) is 5.92. The highest BCUT2D eigenvalue weighted by Crippen LogP contribution is 2.12. The molecule has 1 aromatic heterocycles. The van der Waals surface area contributed by atoms with Gasteiger partial charge < -0.3 is 10.4 Å². The monoisotopic (exact) mass is 239 g/mol. The highest BCUT2D eigenvalue weighted by molar-refractivity contribution is 5.73. The topological polar surface area (TPSA) is 67.2 Å². The lowest BCUT2D eigenvalue weighted by molar-refractivity contribution is -0.139. The van der Waals surface area contributed by atoms with E-state index in [2.05, 4.69) is 10.4 Å². The Morgan fingerprint density at radius 1 is 1.53 bits per heavy atom. The second-order valence-electron chi connectivity index (χ2n) is 4.33. The van der Waals surface area contributed by atoms with Crippen molar-refractivity contribution in [3.8, 4) is 0 Å². The maximum atomic E-state index is 11.0. The molecule has 1 unspecified atom stereocenters. The fourth-order valence-electron chi connectivity index (χ4n) is 1.90. The second-order valence-corrected chi connectivity index (χ2v) is 4.33. The Kier molecular flexibility index (Phi) is 4.69. The van der Waals surface area contributed by atoms with Gasteiger partial charge in [0.15, 0.2) is 0 Å². The van der Waals surface area contributed by atoms with Gasteiger partial charge in [-0.25, -0.2) is 0 Å². The molecule has 96 valence electrons. The molecular formula is C12H21N3O2. The Labute approximate surface area is 102 Å². The molecule has 0 aromatic carbocycles. The van der Waals surface area contributed by atoms with Crippen LogP contribution in [0.3, 0.4) is 0 Å². The third kappa shape index (κ3) is 3.30. The Bertz CT molecular complexity index is 399. The second kappa shape index (κ2) is 5.82. The lowest BCUT2D eigenvalue weighted by Gasteiger charge is -2.13. The predicted octanol–water partition coefficient (Wildman–Crippen LogP) is 1.38. The van der Waals surface area contributed by atoms with E-state index in [0.29, 0.717) is 13.0 Å². The molecule has 1 heterocycles. The molecule has 2 N–H and O–H groups in total. The minimum absolute atomic E-state index is 0.473. The number of rotatable bonds is 6. The van der Waals surface area contributed by atoms with Crippen LogP contribution in [0.2, 0.25) is 0 Å². The van der Waals surface area contributed by atoms with Gasteiger partial charge in [-0.2, -0.15) is 5.10 Å². The molecule has 1 atom stereocenters. The van der Waals surface area contributed by atoms with Crippen LogP contribution in [-0.4, -0.2) is 26.9 Å². The molecule has 5 nitrogen and oxygen atoms in total. The summed E-state index contributed by atoms with van der Waals surface area (Å²) in [5.74, 6) is -0.786. The Hall–Kier alpha value is -1.36. The lowest BCUT2D eigenvalue weighted by Crippen LogP contribution is -2.36. The van der Waals surface area contributed by atoms with Crippen molar-refractivity contribution in [1.82, 2.24) is 15.1 Å². The minimum Gasteiger partial charge on any atom is -0.480 e. The third-order valence-electron chi connectivity index (χ3n) is 3.06. The average Bonchev–Trinajstić information content (AvgIpc) is 2.49. The summed E-state index contributed by atoms with van der Waals surface area (Å²) in [5.41, 5.74) is 3.13. The van der Waals surface area contributed by atoms with E-state index in [1.165, 1.54) is 0 Å². The lowest BCUT2D eigenvalue weighted by atomic mass is 10.1. The van der Waals surface area contributed by atoms with Crippen molar-refractivity contribution in [2.75, 3.05) is 0 Å². The van der Waals surface area contributed by atoms with Crippen LogP contribution < -0.4 is 5.32 Å². The normalized spacial score (nSPS) is 12.7.